The van der Waals surface area contributed by atoms with Crippen molar-refractivity contribution in [3.05, 3.63) is 66.2 Å². The number of rotatable bonds is 5. The normalized spacial score (nSPS) is 18.2. The van der Waals surface area contributed by atoms with Gasteiger partial charge in [0, 0.05) is 24.6 Å². The van der Waals surface area contributed by atoms with Crippen LogP contribution in [0.1, 0.15) is 56.7 Å². The molecular weight excluding hydrogens is 424 g/mol. The maximum absolute atomic E-state index is 9.84. The lowest BCUT2D eigenvalue weighted by atomic mass is 9.93. The van der Waals surface area contributed by atoms with Gasteiger partial charge in [-0.05, 0) is 79.1 Å². The zero-order valence-corrected chi connectivity index (χ0v) is 19.4. The van der Waals surface area contributed by atoms with Crippen LogP contribution in [0.2, 0.25) is 0 Å². The van der Waals surface area contributed by atoms with Crippen molar-refractivity contribution in [1.82, 2.24) is 19.7 Å². The summed E-state index contributed by atoms with van der Waals surface area (Å²) in [6, 6.07) is 14.3. The average molecular weight is 453 g/mol. The van der Waals surface area contributed by atoms with Gasteiger partial charge in [-0.15, -0.1) is 0 Å². The minimum atomic E-state index is -0.217. The van der Waals surface area contributed by atoms with Gasteiger partial charge in [0.25, 0.3) is 0 Å². The summed E-state index contributed by atoms with van der Waals surface area (Å²) < 4.78 is 1.88. The van der Waals surface area contributed by atoms with Gasteiger partial charge in [0.1, 0.15) is 6.07 Å². The van der Waals surface area contributed by atoms with E-state index in [2.05, 4.69) is 30.2 Å². The van der Waals surface area contributed by atoms with Crippen LogP contribution < -0.4 is 5.32 Å². The number of hydrogen-bond donors (Lipinski definition) is 2. The molecule has 3 aromatic heterocycles. The van der Waals surface area contributed by atoms with Crippen LogP contribution in [0, 0.1) is 11.3 Å². The standard InChI is InChI=1S/C27H28N6O/c1-17(2)26-25-23(18-9-12-29-13-10-18)11-14-30-27(25)33(32-26)21-6-3-19(16-28)24(15-21)31-20-4-7-22(34)8-5-20/h3,6,9-15,17,20,22,31,34H,4-5,7-8H2,1-2H3/t20-,22-. The molecule has 7 nitrogen and oxygen atoms in total. The van der Waals surface area contributed by atoms with Gasteiger partial charge in [0.15, 0.2) is 5.65 Å². The summed E-state index contributed by atoms with van der Waals surface area (Å²) in [6.07, 6.45) is 8.52. The van der Waals surface area contributed by atoms with Crippen LogP contribution in [-0.2, 0) is 0 Å². The van der Waals surface area contributed by atoms with E-state index in [0.717, 1.165) is 64.9 Å². The van der Waals surface area contributed by atoms with Gasteiger partial charge in [-0.3, -0.25) is 4.98 Å². The topological polar surface area (TPSA) is 99.7 Å². The Labute approximate surface area is 199 Å². The lowest BCUT2D eigenvalue weighted by molar-refractivity contribution is 0.126. The minimum Gasteiger partial charge on any atom is -0.393 e. The monoisotopic (exact) mass is 452 g/mol. The van der Waals surface area contributed by atoms with Gasteiger partial charge < -0.3 is 10.4 Å². The van der Waals surface area contributed by atoms with Gasteiger partial charge in [-0.25, -0.2) is 9.67 Å². The summed E-state index contributed by atoms with van der Waals surface area (Å²) in [5.41, 5.74) is 6.17. The highest BCUT2D eigenvalue weighted by Crippen LogP contribution is 2.35. The number of hydrogen-bond acceptors (Lipinski definition) is 6. The molecule has 1 aromatic carbocycles. The molecule has 0 aliphatic heterocycles. The van der Waals surface area contributed by atoms with Crippen molar-refractivity contribution >= 4 is 16.7 Å². The Morgan fingerprint density at radius 3 is 2.53 bits per heavy atom. The van der Waals surface area contributed by atoms with E-state index < -0.39 is 0 Å². The predicted octanol–water partition coefficient (Wildman–Crippen LogP) is 5.19. The Morgan fingerprint density at radius 1 is 1.06 bits per heavy atom. The quantitative estimate of drug-likeness (QED) is 0.432. The number of nitrogens with zero attached hydrogens (tertiary/aromatic N) is 5. The van der Waals surface area contributed by atoms with Crippen molar-refractivity contribution in [3.8, 4) is 22.9 Å². The van der Waals surface area contributed by atoms with Gasteiger partial charge in [-0.2, -0.15) is 10.4 Å². The number of fused-ring (bicyclic) bond motifs is 1. The van der Waals surface area contributed by atoms with Gasteiger partial charge in [-0.1, -0.05) is 13.8 Å². The Kier molecular flexibility index (Phi) is 5.99. The van der Waals surface area contributed by atoms with E-state index in [0.29, 0.717) is 5.56 Å². The fourth-order valence-electron chi connectivity index (χ4n) is 4.75. The molecule has 1 aliphatic rings. The van der Waals surface area contributed by atoms with Gasteiger partial charge in [0.2, 0.25) is 0 Å². The summed E-state index contributed by atoms with van der Waals surface area (Å²) in [5, 5.41) is 29.1. The molecule has 5 rings (SSSR count). The largest absolute Gasteiger partial charge is 0.393 e. The molecule has 0 saturated heterocycles. The second-order valence-corrected chi connectivity index (χ2v) is 9.24. The van der Waals surface area contributed by atoms with E-state index in [-0.39, 0.29) is 18.1 Å². The van der Waals surface area contributed by atoms with Gasteiger partial charge >= 0.3 is 0 Å². The smallest absolute Gasteiger partial charge is 0.163 e. The third-order valence-corrected chi connectivity index (χ3v) is 6.56. The first-order valence-electron chi connectivity index (χ1n) is 11.8. The SMILES string of the molecule is CC(C)c1nn(-c2ccc(C#N)c(N[C@H]3CC[C@H](O)CC3)c2)c2nccc(-c3ccncc3)c12. The Morgan fingerprint density at radius 2 is 1.82 bits per heavy atom. The Balaban J connectivity index is 1.61. The molecule has 0 bridgehead atoms. The van der Waals surface area contributed by atoms with Crippen molar-refractivity contribution in [1.29, 1.82) is 5.26 Å². The van der Waals surface area contributed by atoms with Crippen molar-refractivity contribution in [2.75, 3.05) is 5.32 Å². The zero-order chi connectivity index (χ0) is 23.7. The first kappa shape index (κ1) is 22.1. The summed E-state index contributed by atoms with van der Waals surface area (Å²) in [4.78, 5) is 8.87. The lowest BCUT2D eigenvalue weighted by Crippen LogP contribution is -2.28. The summed E-state index contributed by atoms with van der Waals surface area (Å²) in [6.45, 7) is 4.28. The molecule has 34 heavy (non-hydrogen) atoms. The average Bonchev–Trinajstić information content (AvgIpc) is 3.26. The van der Waals surface area contributed by atoms with Crippen molar-refractivity contribution in [2.24, 2.45) is 0 Å². The number of aliphatic hydroxyl groups excluding tert-OH is 1. The van der Waals surface area contributed by atoms with Crippen LogP contribution in [0.15, 0.2) is 55.0 Å². The number of nitriles is 1. The van der Waals surface area contributed by atoms with E-state index in [9.17, 15) is 10.4 Å². The van der Waals surface area contributed by atoms with Crippen LogP contribution in [-0.4, -0.2) is 37.0 Å². The minimum absolute atomic E-state index is 0.207. The highest BCUT2D eigenvalue weighted by Gasteiger charge is 2.22. The third kappa shape index (κ3) is 4.13. The molecule has 1 saturated carbocycles. The zero-order valence-electron chi connectivity index (χ0n) is 19.4. The molecule has 0 atom stereocenters. The van der Waals surface area contributed by atoms with Gasteiger partial charge in [0.05, 0.1) is 34.1 Å². The number of benzene rings is 1. The molecule has 0 amide bonds. The fourth-order valence-corrected chi connectivity index (χ4v) is 4.75. The molecule has 2 N–H and O–H groups in total. The fraction of sp³-hybridized carbons (Fsp3) is 0.333. The van der Waals surface area contributed by atoms with E-state index in [1.165, 1.54) is 0 Å². The third-order valence-electron chi connectivity index (χ3n) is 6.56. The lowest BCUT2D eigenvalue weighted by Gasteiger charge is -2.27. The number of pyridine rings is 2. The second kappa shape index (κ2) is 9.24. The maximum atomic E-state index is 9.84. The highest BCUT2D eigenvalue weighted by molar-refractivity contribution is 5.95. The summed E-state index contributed by atoms with van der Waals surface area (Å²) >= 11 is 0. The van der Waals surface area contributed by atoms with E-state index in [4.69, 9.17) is 10.1 Å². The van der Waals surface area contributed by atoms with Crippen molar-refractivity contribution in [2.45, 2.75) is 57.6 Å². The van der Waals surface area contributed by atoms with Crippen LogP contribution in [0.3, 0.4) is 0 Å². The van der Waals surface area contributed by atoms with E-state index >= 15 is 0 Å². The number of aliphatic hydroxyl groups is 1. The molecule has 3 heterocycles. The van der Waals surface area contributed by atoms with Crippen LogP contribution >= 0.6 is 0 Å². The predicted molar refractivity (Wildman–Crippen MR) is 133 cm³/mol. The number of nitrogens with one attached hydrogen (secondary N) is 1. The molecule has 172 valence electrons. The Bertz CT molecular complexity index is 1350. The molecule has 0 radical (unpaired) electrons. The molecule has 4 aromatic rings. The summed E-state index contributed by atoms with van der Waals surface area (Å²) in [7, 11) is 0. The molecule has 0 unspecified atom stereocenters. The molecular formula is C27H28N6O. The van der Waals surface area contributed by atoms with E-state index in [1.54, 1.807) is 12.4 Å². The van der Waals surface area contributed by atoms with Crippen molar-refractivity contribution < 1.29 is 5.11 Å². The molecule has 0 spiro atoms. The van der Waals surface area contributed by atoms with Crippen LogP contribution in [0.5, 0.6) is 0 Å². The Hall–Kier alpha value is -3.76. The molecule has 7 heteroatoms. The number of anilines is 1. The number of aromatic nitrogens is 4. The first-order chi connectivity index (χ1) is 16.5. The molecule has 1 fully saturated rings. The summed E-state index contributed by atoms with van der Waals surface area (Å²) in [5.74, 6) is 0.207. The highest BCUT2D eigenvalue weighted by atomic mass is 16.3. The first-order valence-corrected chi connectivity index (χ1v) is 11.8. The van der Waals surface area contributed by atoms with E-state index in [1.807, 2.05) is 47.3 Å². The second-order valence-electron chi connectivity index (χ2n) is 9.24. The van der Waals surface area contributed by atoms with Crippen molar-refractivity contribution in [3.63, 3.8) is 0 Å². The maximum Gasteiger partial charge on any atom is 0.163 e. The van der Waals surface area contributed by atoms with Crippen LogP contribution in [0.4, 0.5) is 5.69 Å². The van der Waals surface area contributed by atoms with Crippen LogP contribution in [0.25, 0.3) is 27.8 Å². The molecule has 1 aliphatic carbocycles.